The third kappa shape index (κ3) is 2.69. The van der Waals surface area contributed by atoms with Crippen LogP contribution in [-0.4, -0.2) is 13.6 Å². The number of nitrogens with zero attached hydrogens (tertiary/aromatic N) is 1. The highest BCUT2D eigenvalue weighted by Crippen LogP contribution is 2.03. The van der Waals surface area contributed by atoms with Gasteiger partial charge in [-0.15, -0.1) is 0 Å². The summed E-state index contributed by atoms with van der Waals surface area (Å²) in [5.41, 5.74) is 0.338. The number of primary sulfonamides is 1. The van der Waals surface area contributed by atoms with Crippen LogP contribution in [0.1, 0.15) is 11.5 Å². The summed E-state index contributed by atoms with van der Waals surface area (Å²) >= 11 is 0. The summed E-state index contributed by atoms with van der Waals surface area (Å²) in [6, 6.07) is 1.53. The van der Waals surface area contributed by atoms with Crippen LogP contribution in [0, 0.1) is 6.92 Å². The highest BCUT2D eigenvalue weighted by Gasteiger charge is 2.08. The number of aryl methyl sites for hydroxylation is 1. The molecule has 2 N–H and O–H groups in total. The fourth-order valence-corrected chi connectivity index (χ4v) is 1.24. The molecule has 6 heteroatoms. The van der Waals surface area contributed by atoms with Crippen molar-refractivity contribution in [3.63, 3.8) is 0 Å². The van der Waals surface area contributed by atoms with Crippen molar-refractivity contribution in [2.75, 3.05) is 0 Å². The second-order valence-electron chi connectivity index (χ2n) is 2.24. The van der Waals surface area contributed by atoms with Gasteiger partial charge in [-0.1, -0.05) is 5.16 Å². The van der Waals surface area contributed by atoms with E-state index >= 15 is 0 Å². The molecule has 0 saturated carbocycles. The van der Waals surface area contributed by atoms with Crippen molar-refractivity contribution >= 4 is 10.0 Å². The molecule has 1 heterocycles. The van der Waals surface area contributed by atoms with Crippen LogP contribution in [0.3, 0.4) is 0 Å². The van der Waals surface area contributed by atoms with Crippen molar-refractivity contribution in [3.8, 4) is 0 Å². The van der Waals surface area contributed by atoms with Crippen molar-refractivity contribution in [2.24, 2.45) is 5.14 Å². The van der Waals surface area contributed by atoms with Gasteiger partial charge in [0.2, 0.25) is 10.0 Å². The molecule has 0 aliphatic carbocycles. The lowest BCUT2D eigenvalue weighted by molar-refractivity contribution is 0.392. The Kier molecular flexibility index (Phi) is 1.97. The molecular formula is C5H8N2O3S. The molecule has 0 bridgehead atoms. The Hall–Kier alpha value is -0.880. The standard InChI is InChI=1S/C5H8N2O3S/c1-4-2-5(7-10-4)3-11(6,8)9/h2H,3H2,1H3,(H2,6,8,9). The maximum Gasteiger partial charge on any atom is 0.214 e. The number of aromatic nitrogens is 1. The topological polar surface area (TPSA) is 86.2 Å². The van der Waals surface area contributed by atoms with Crippen molar-refractivity contribution in [2.45, 2.75) is 12.7 Å². The molecule has 0 spiro atoms. The summed E-state index contributed by atoms with van der Waals surface area (Å²) in [4.78, 5) is 0. The molecule has 0 aliphatic heterocycles. The molecule has 1 aromatic heterocycles. The highest BCUT2D eigenvalue weighted by molar-refractivity contribution is 7.88. The quantitative estimate of drug-likeness (QED) is 0.674. The fraction of sp³-hybridized carbons (Fsp3) is 0.400. The van der Waals surface area contributed by atoms with E-state index in [1.165, 1.54) is 6.07 Å². The Morgan fingerprint density at radius 2 is 2.36 bits per heavy atom. The summed E-state index contributed by atoms with van der Waals surface area (Å²) in [7, 11) is -3.49. The zero-order valence-electron chi connectivity index (χ0n) is 5.94. The van der Waals surface area contributed by atoms with Crippen LogP contribution in [0.25, 0.3) is 0 Å². The van der Waals surface area contributed by atoms with Gasteiger partial charge in [-0.05, 0) is 6.92 Å². The van der Waals surface area contributed by atoms with Crippen molar-refractivity contribution in [3.05, 3.63) is 17.5 Å². The molecule has 0 unspecified atom stereocenters. The van der Waals surface area contributed by atoms with E-state index in [0.717, 1.165) is 0 Å². The highest BCUT2D eigenvalue weighted by atomic mass is 32.2. The average Bonchev–Trinajstić information content (AvgIpc) is 2.10. The van der Waals surface area contributed by atoms with Crippen LogP contribution in [-0.2, 0) is 15.8 Å². The van der Waals surface area contributed by atoms with Gasteiger partial charge in [-0.3, -0.25) is 0 Å². The van der Waals surface area contributed by atoms with E-state index in [4.69, 9.17) is 5.14 Å². The van der Waals surface area contributed by atoms with E-state index in [2.05, 4.69) is 9.68 Å². The van der Waals surface area contributed by atoms with Gasteiger partial charge in [0.1, 0.15) is 17.2 Å². The zero-order valence-corrected chi connectivity index (χ0v) is 6.76. The monoisotopic (exact) mass is 176 g/mol. The van der Waals surface area contributed by atoms with E-state index in [-0.39, 0.29) is 5.75 Å². The van der Waals surface area contributed by atoms with Gasteiger partial charge in [-0.25, -0.2) is 13.6 Å². The maximum atomic E-state index is 10.5. The fourth-order valence-electron chi connectivity index (χ4n) is 0.692. The minimum Gasteiger partial charge on any atom is -0.361 e. The molecule has 0 saturated heterocycles. The molecule has 0 fully saturated rings. The van der Waals surface area contributed by atoms with Crippen LogP contribution in [0.15, 0.2) is 10.6 Å². The minimum absolute atomic E-state index is 0.273. The first-order valence-corrected chi connectivity index (χ1v) is 4.61. The summed E-state index contributed by atoms with van der Waals surface area (Å²) in [5.74, 6) is 0.299. The maximum absolute atomic E-state index is 10.5. The first-order valence-electron chi connectivity index (χ1n) is 2.90. The van der Waals surface area contributed by atoms with Crippen LogP contribution in [0.4, 0.5) is 0 Å². The third-order valence-electron chi connectivity index (χ3n) is 1.03. The van der Waals surface area contributed by atoms with Gasteiger partial charge in [-0.2, -0.15) is 0 Å². The van der Waals surface area contributed by atoms with E-state index < -0.39 is 10.0 Å². The predicted octanol–water partition coefficient (Wildman–Crippen LogP) is -0.228. The van der Waals surface area contributed by atoms with Crippen LogP contribution >= 0.6 is 0 Å². The number of hydrogen-bond acceptors (Lipinski definition) is 4. The van der Waals surface area contributed by atoms with E-state index in [0.29, 0.717) is 11.5 Å². The first kappa shape index (κ1) is 8.22. The molecule has 1 rings (SSSR count). The lowest BCUT2D eigenvalue weighted by Crippen LogP contribution is -2.14. The predicted molar refractivity (Wildman–Crippen MR) is 38.1 cm³/mol. The summed E-state index contributed by atoms with van der Waals surface area (Å²) in [5, 5.41) is 8.23. The molecule has 0 aliphatic rings. The van der Waals surface area contributed by atoms with Crippen LogP contribution in [0.5, 0.6) is 0 Å². The molecular weight excluding hydrogens is 168 g/mol. The van der Waals surface area contributed by atoms with Gasteiger partial charge < -0.3 is 4.52 Å². The largest absolute Gasteiger partial charge is 0.361 e. The number of nitrogens with two attached hydrogens (primary N) is 1. The molecule has 1 aromatic rings. The summed E-state index contributed by atoms with van der Waals surface area (Å²) < 4.78 is 25.7. The lowest BCUT2D eigenvalue weighted by Gasteiger charge is -1.88. The van der Waals surface area contributed by atoms with Gasteiger partial charge in [0.15, 0.2) is 0 Å². The minimum atomic E-state index is -3.49. The normalized spacial score (nSPS) is 11.8. The Morgan fingerprint density at radius 1 is 1.73 bits per heavy atom. The summed E-state index contributed by atoms with van der Waals surface area (Å²) in [6.45, 7) is 1.68. The molecule has 0 radical (unpaired) electrons. The van der Waals surface area contributed by atoms with Crippen molar-refractivity contribution in [1.82, 2.24) is 5.16 Å². The van der Waals surface area contributed by atoms with Crippen molar-refractivity contribution < 1.29 is 12.9 Å². The Balaban J connectivity index is 2.81. The van der Waals surface area contributed by atoms with Gasteiger partial charge >= 0.3 is 0 Å². The molecule has 5 nitrogen and oxygen atoms in total. The lowest BCUT2D eigenvalue weighted by atomic mass is 10.4. The Labute approximate surface area is 64.2 Å². The number of sulfonamides is 1. The van der Waals surface area contributed by atoms with Crippen LogP contribution < -0.4 is 5.14 Å². The number of rotatable bonds is 2. The third-order valence-corrected chi connectivity index (χ3v) is 1.72. The van der Waals surface area contributed by atoms with Crippen LogP contribution in [0.2, 0.25) is 0 Å². The molecule has 62 valence electrons. The first-order chi connectivity index (χ1) is 4.97. The molecule has 0 aromatic carbocycles. The smallest absolute Gasteiger partial charge is 0.214 e. The number of hydrogen-bond donors (Lipinski definition) is 1. The molecule has 11 heavy (non-hydrogen) atoms. The van der Waals surface area contributed by atoms with Gasteiger partial charge in [0.25, 0.3) is 0 Å². The van der Waals surface area contributed by atoms with Gasteiger partial charge in [0, 0.05) is 6.07 Å². The van der Waals surface area contributed by atoms with Gasteiger partial charge in [0.05, 0.1) is 0 Å². The second-order valence-corrected chi connectivity index (χ2v) is 3.85. The Morgan fingerprint density at radius 3 is 2.73 bits per heavy atom. The van der Waals surface area contributed by atoms with Crippen molar-refractivity contribution in [1.29, 1.82) is 0 Å². The molecule has 0 amide bonds. The Bertz CT molecular complexity index is 340. The second kappa shape index (κ2) is 2.63. The zero-order chi connectivity index (χ0) is 8.48. The van der Waals surface area contributed by atoms with E-state index in [1.807, 2.05) is 0 Å². The van der Waals surface area contributed by atoms with E-state index in [9.17, 15) is 8.42 Å². The average molecular weight is 176 g/mol. The molecule has 0 atom stereocenters. The SMILES string of the molecule is Cc1cc(CS(N)(=O)=O)no1. The summed E-state index contributed by atoms with van der Waals surface area (Å²) in [6.07, 6.45) is 0. The van der Waals surface area contributed by atoms with E-state index in [1.54, 1.807) is 6.92 Å².